The number of allylic oxidation sites excluding steroid dienone is 2. The number of amides is 1. The molecule has 4 nitrogen and oxygen atoms in total. The molecule has 0 atom stereocenters. The van der Waals surface area contributed by atoms with Gasteiger partial charge in [-0.05, 0) is 48.5 Å². The second-order valence-electron chi connectivity index (χ2n) is 8.81. The van der Waals surface area contributed by atoms with Crippen LogP contribution in [0.2, 0.25) is 0 Å². The van der Waals surface area contributed by atoms with Gasteiger partial charge in [0.25, 0.3) is 0 Å². The summed E-state index contributed by atoms with van der Waals surface area (Å²) in [6.07, 6.45) is 8.24. The molecule has 0 unspecified atom stereocenters. The normalized spacial score (nSPS) is 16.1. The SMILES string of the molecule is C\C=C(/C=C(/C=N/C(=N\C)c1ccccc1)CCl)CN(C)C(=O)C1(CC)Cc2ccccc2C1. The predicted molar refractivity (Wildman–Crippen MR) is 144 cm³/mol. The Hall–Kier alpha value is -2.98. The molecule has 3 rings (SSSR count). The van der Waals surface area contributed by atoms with Crippen LogP contribution in [0.1, 0.15) is 37.0 Å². The molecule has 0 radical (unpaired) electrons. The number of fused-ring (bicyclic) bond motifs is 1. The number of halogens is 1. The minimum absolute atomic E-state index is 0.199. The van der Waals surface area contributed by atoms with Gasteiger partial charge >= 0.3 is 0 Å². The Morgan fingerprint density at radius 3 is 2.21 bits per heavy atom. The first kappa shape index (κ1) is 25.6. The van der Waals surface area contributed by atoms with Crippen LogP contribution in [-0.4, -0.2) is 49.4 Å². The average Bonchev–Trinajstić information content (AvgIpc) is 3.28. The van der Waals surface area contributed by atoms with Gasteiger partial charge in [-0.15, -0.1) is 11.6 Å². The molecule has 5 heteroatoms. The smallest absolute Gasteiger partial charge is 0.229 e. The summed E-state index contributed by atoms with van der Waals surface area (Å²) in [4.78, 5) is 24.3. The maximum Gasteiger partial charge on any atom is 0.229 e. The summed E-state index contributed by atoms with van der Waals surface area (Å²) in [7, 11) is 3.62. The fraction of sp³-hybridized carbons (Fsp3) is 0.345. The van der Waals surface area contributed by atoms with Crippen LogP contribution in [0.25, 0.3) is 0 Å². The topological polar surface area (TPSA) is 45.0 Å². The number of rotatable bonds is 8. The van der Waals surface area contributed by atoms with Crippen molar-refractivity contribution in [3.63, 3.8) is 0 Å². The molecule has 0 aromatic heterocycles. The molecule has 2 aromatic rings. The first-order valence-electron chi connectivity index (χ1n) is 11.8. The Balaban J connectivity index is 1.72. The Bertz CT molecular complexity index is 1090. The summed E-state index contributed by atoms with van der Waals surface area (Å²) < 4.78 is 0. The number of amidine groups is 1. The van der Waals surface area contributed by atoms with E-state index in [2.05, 4.69) is 41.2 Å². The molecule has 1 aliphatic carbocycles. The van der Waals surface area contributed by atoms with Crippen molar-refractivity contribution in [1.29, 1.82) is 0 Å². The van der Waals surface area contributed by atoms with Crippen molar-refractivity contribution in [2.24, 2.45) is 15.4 Å². The summed E-state index contributed by atoms with van der Waals surface area (Å²) in [5, 5.41) is 0. The van der Waals surface area contributed by atoms with Crippen LogP contribution in [0.15, 0.2) is 87.9 Å². The van der Waals surface area contributed by atoms with Crippen LogP contribution in [0, 0.1) is 5.41 Å². The molecule has 0 saturated carbocycles. The summed E-state index contributed by atoms with van der Waals surface area (Å²) in [6, 6.07) is 18.3. The number of carbonyl (C=O) groups excluding carboxylic acids is 1. The van der Waals surface area contributed by atoms with E-state index >= 15 is 0 Å². The quantitative estimate of drug-likeness (QED) is 0.203. The number of aliphatic imine (C=N–C) groups is 2. The molecule has 178 valence electrons. The molecule has 0 saturated heterocycles. The molecule has 2 aromatic carbocycles. The number of likely N-dealkylation sites (N-methyl/N-ethyl adjacent to an activating group) is 1. The highest BCUT2D eigenvalue weighted by Crippen LogP contribution is 2.41. The second kappa shape index (κ2) is 11.9. The van der Waals surface area contributed by atoms with Gasteiger partial charge in [0, 0.05) is 38.3 Å². The van der Waals surface area contributed by atoms with Crippen LogP contribution >= 0.6 is 11.6 Å². The lowest BCUT2D eigenvalue weighted by Gasteiger charge is -2.32. The first-order chi connectivity index (χ1) is 16.5. The molecule has 0 bridgehead atoms. The van der Waals surface area contributed by atoms with E-state index in [1.165, 1.54) is 11.1 Å². The minimum atomic E-state index is -0.361. The van der Waals surface area contributed by atoms with E-state index in [0.29, 0.717) is 18.3 Å². The lowest BCUT2D eigenvalue weighted by molar-refractivity contribution is -0.140. The van der Waals surface area contributed by atoms with Crippen LogP contribution in [0.3, 0.4) is 0 Å². The monoisotopic (exact) mass is 475 g/mol. The molecule has 1 aliphatic rings. The zero-order valence-electron chi connectivity index (χ0n) is 20.6. The van der Waals surface area contributed by atoms with Gasteiger partial charge in [0.15, 0.2) is 5.84 Å². The van der Waals surface area contributed by atoms with Crippen LogP contribution < -0.4 is 0 Å². The van der Waals surface area contributed by atoms with E-state index in [0.717, 1.165) is 36.0 Å². The molecular formula is C29H34ClN3O. The maximum absolute atomic E-state index is 13.6. The lowest BCUT2D eigenvalue weighted by Crippen LogP contribution is -2.43. The van der Waals surface area contributed by atoms with Crippen LogP contribution in [0.5, 0.6) is 0 Å². The molecule has 1 amide bonds. The third-order valence-corrected chi connectivity index (χ3v) is 6.87. The standard InChI is InChI=1S/C29H34ClN3O/c1-5-22(16-23(19-30)20-32-27(31-3)24-12-8-7-9-13-24)21-33(4)28(34)29(6-2)17-25-14-10-11-15-26(25)18-29/h5,7-16,20H,6,17-19,21H2,1-4H3/b22-5+,23-16+,31-27-,32-20+. The Morgan fingerprint density at radius 2 is 1.68 bits per heavy atom. The van der Waals surface area contributed by atoms with Crippen molar-refractivity contribution in [2.45, 2.75) is 33.1 Å². The number of alkyl halides is 1. The fourth-order valence-corrected chi connectivity index (χ4v) is 4.70. The largest absolute Gasteiger partial charge is 0.341 e. The van der Waals surface area contributed by atoms with Crippen molar-refractivity contribution >= 4 is 29.6 Å². The highest BCUT2D eigenvalue weighted by atomic mass is 35.5. The fourth-order valence-electron chi connectivity index (χ4n) is 4.56. The van der Waals surface area contributed by atoms with Gasteiger partial charge in [-0.1, -0.05) is 73.7 Å². The van der Waals surface area contributed by atoms with E-state index in [1.54, 1.807) is 13.3 Å². The average molecular weight is 476 g/mol. The van der Waals surface area contributed by atoms with Crippen LogP contribution in [0.4, 0.5) is 0 Å². The van der Waals surface area contributed by atoms with E-state index in [4.69, 9.17) is 11.6 Å². The van der Waals surface area contributed by atoms with Gasteiger partial charge < -0.3 is 4.90 Å². The van der Waals surface area contributed by atoms with Gasteiger partial charge in [-0.25, -0.2) is 4.99 Å². The van der Waals surface area contributed by atoms with Gasteiger partial charge in [-0.3, -0.25) is 9.79 Å². The Kier molecular flexibility index (Phi) is 9.00. The lowest BCUT2D eigenvalue weighted by atomic mass is 9.80. The van der Waals surface area contributed by atoms with Crippen molar-refractivity contribution in [3.8, 4) is 0 Å². The molecule has 0 N–H and O–H groups in total. The number of benzene rings is 2. The zero-order chi connectivity index (χ0) is 24.6. The molecule has 0 fully saturated rings. The molecule has 0 aliphatic heterocycles. The summed E-state index contributed by atoms with van der Waals surface area (Å²) in [6.45, 7) is 4.63. The van der Waals surface area contributed by atoms with E-state index in [9.17, 15) is 4.79 Å². The number of hydrogen-bond donors (Lipinski definition) is 0. The molecule has 0 heterocycles. The van der Waals surface area contributed by atoms with E-state index in [-0.39, 0.29) is 11.3 Å². The number of nitrogens with zero attached hydrogens (tertiary/aromatic N) is 3. The molecule has 34 heavy (non-hydrogen) atoms. The number of hydrogen-bond acceptors (Lipinski definition) is 2. The van der Waals surface area contributed by atoms with E-state index in [1.807, 2.05) is 61.4 Å². The van der Waals surface area contributed by atoms with Gasteiger partial charge in [0.2, 0.25) is 5.91 Å². The minimum Gasteiger partial charge on any atom is -0.341 e. The molecular weight excluding hydrogens is 442 g/mol. The third-order valence-electron chi connectivity index (χ3n) is 6.57. The van der Waals surface area contributed by atoms with Crippen molar-refractivity contribution in [1.82, 2.24) is 4.90 Å². The highest BCUT2D eigenvalue weighted by Gasteiger charge is 2.43. The van der Waals surface area contributed by atoms with Gasteiger partial charge in [0.05, 0.1) is 5.41 Å². The highest BCUT2D eigenvalue weighted by molar-refractivity contribution is 6.22. The second-order valence-corrected chi connectivity index (χ2v) is 9.07. The van der Waals surface area contributed by atoms with Crippen LogP contribution in [-0.2, 0) is 17.6 Å². The van der Waals surface area contributed by atoms with Crippen molar-refractivity contribution < 1.29 is 4.79 Å². The summed E-state index contributed by atoms with van der Waals surface area (Å²) in [5.74, 6) is 1.17. The van der Waals surface area contributed by atoms with E-state index < -0.39 is 0 Å². The predicted octanol–water partition coefficient (Wildman–Crippen LogP) is 5.90. The number of carbonyl (C=O) groups is 1. The Morgan fingerprint density at radius 1 is 1.06 bits per heavy atom. The molecule has 0 spiro atoms. The third kappa shape index (κ3) is 5.92. The van der Waals surface area contributed by atoms with Crippen molar-refractivity contribution in [2.75, 3.05) is 26.5 Å². The Labute approximate surface area is 208 Å². The summed E-state index contributed by atoms with van der Waals surface area (Å²) >= 11 is 6.23. The zero-order valence-corrected chi connectivity index (χ0v) is 21.3. The van der Waals surface area contributed by atoms with Crippen molar-refractivity contribution in [3.05, 3.63) is 94.6 Å². The van der Waals surface area contributed by atoms with Gasteiger partial charge in [-0.2, -0.15) is 0 Å². The van der Waals surface area contributed by atoms with Gasteiger partial charge in [0.1, 0.15) is 0 Å². The summed E-state index contributed by atoms with van der Waals surface area (Å²) in [5.41, 5.74) is 5.07. The maximum atomic E-state index is 13.6. The first-order valence-corrected chi connectivity index (χ1v) is 12.3.